The van der Waals surface area contributed by atoms with Crippen molar-refractivity contribution >= 4 is 33.3 Å². The smallest absolute Gasteiger partial charge is 0.248 e. The molecule has 0 bridgehead atoms. The van der Waals surface area contributed by atoms with E-state index in [0.29, 0.717) is 17.7 Å². The Kier molecular flexibility index (Phi) is 5.15. The molecule has 3 rings (SSSR count). The van der Waals surface area contributed by atoms with Gasteiger partial charge in [0.25, 0.3) is 0 Å². The zero-order valence-electron chi connectivity index (χ0n) is 13.8. The van der Waals surface area contributed by atoms with Crippen LogP contribution in [-0.2, 0) is 10.0 Å². The number of halogens is 1. The molecule has 0 aliphatic heterocycles. The second-order valence-corrected chi connectivity index (χ2v) is 8.63. The van der Waals surface area contributed by atoms with Gasteiger partial charge in [0.15, 0.2) is 5.78 Å². The van der Waals surface area contributed by atoms with Crippen molar-refractivity contribution in [2.45, 2.75) is 32.1 Å². The highest BCUT2D eigenvalue weighted by Gasteiger charge is 2.46. The Morgan fingerprint density at radius 2 is 2.04 bits per heavy atom. The number of rotatable bonds is 8. The number of nitrogens with zero attached hydrogens (tertiary/aromatic N) is 2. The van der Waals surface area contributed by atoms with E-state index >= 15 is 0 Å². The van der Waals surface area contributed by atoms with E-state index in [0.717, 1.165) is 22.4 Å². The van der Waals surface area contributed by atoms with Crippen LogP contribution in [0.2, 0.25) is 0 Å². The minimum Gasteiger partial charge on any atom is -0.361 e. The van der Waals surface area contributed by atoms with Gasteiger partial charge in [-0.3, -0.25) is 4.79 Å². The molecular formula is C17H19ClN2O4S. The Labute approximate surface area is 151 Å². The summed E-state index contributed by atoms with van der Waals surface area (Å²) in [5.74, 6) is 0.703. The molecule has 2 aromatic rings. The molecule has 6 nitrogen and oxygen atoms in total. The first kappa shape index (κ1) is 17.9. The fourth-order valence-corrected chi connectivity index (χ4v) is 4.32. The third-order valence-electron chi connectivity index (χ3n) is 4.31. The molecule has 8 heteroatoms. The number of hydrogen-bond donors (Lipinski definition) is 0. The second kappa shape index (κ2) is 7.17. The minimum atomic E-state index is -3.56. The first-order valence-electron chi connectivity index (χ1n) is 8.17. The van der Waals surface area contributed by atoms with Gasteiger partial charge in [-0.2, -0.15) is 3.82 Å². The molecule has 0 spiro atoms. The Morgan fingerprint density at radius 1 is 1.32 bits per heavy atom. The molecule has 1 aromatic carbocycles. The van der Waals surface area contributed by atoms with Crippen LogP contribution in [0.25, 0.3) is 0 Å². The number of carbonyl (C=O) groups is 1. The SMILES string of the molecule is CCCCS(=O)(=O)N(Cl)c1ccc(C(=O)C2CC2c2ccno2)cc1. The Bertz CT molecular complexity index is 834. The number of benzene rings is 1. The van der Waals surface area contributed by atoms with Crippen molar-refractivity contribution in [1.82, 2.24) is 5.16 Å². The van der Waals surface area contributed by atoms with E-state index in [9.17, 15) is 13.2 Å². The minimum absolute atomic E-state index is 0.00534. The summed E-state index contributed by atoms with van der Waals surface area (Å²) < 4.78 is 30.1. The third-order valence-corrected chi connectivity index (χ3v) is 6.64. The molecular weight excluding hydrogens is 364 g/mol. The van der Waals surface area contributed by atoms with Crippen molar-refractivity contribution < 1.29 is 17.7 Å². The van der Waals surface area contributed by atoms with Crippen LogP contribution in [0.3, 0.4) is 0 Å². The lowest BCUT2D eigenvalue weighted by molar-refractivity contribution is 0.0963. The van der Waals surface area contributed by atoms with Crippen molar-refractivity contribution in [3.8, 4) is 0 Å². The van der Waals surface area contributed by atoms with Crippen LogP contribution in [-0.4, -0.2) is 25.1 Å². The number of Topliss-reactive ketones (excluding diaryl/α,β-unsaturated/α-hetero) is 1. The molecule has 1 fully saturated rings. The Hall–Kier alpha value is -1.86. The van der Waals surface area contributed by atoms with Crippen LogP contribution in [0, 0.1) is 5.92 Å². The van der Waals surface area contributed by atoms with E-state index in [1.54, 1.807) is 36.5 Å². The molecule has 1 heterocycles. The standard InChI is InChI=1S/C17H19ClN2O4S/c1-2-3-10-25(22,23)20(18)13-6-4-12(5-7-13)17(21)15-11-14(15)16-8-9-19-24-16/h4-9,14-15H,2-3,10-11H2,1H3. The summed E-state index contributed by atoms with van der Waals surface area (Å²) in [7, 11) is -3.56. The Balaban J connectivity index is 1.67. The highest BCUT2D eigenvalue weighted by Crippen LogP contribution is 2.49. The van der Waals surface area contributed by atoms with Crippen LogP contribution in [0.5, 0.6) is 0 Å². The van der Waals surface area contributed by atoms with Crippen LogP contribution in [0.4, 0.5) is 5.69 Å². The summed E-state index contributed by atoms with van der Waals surface area (Å²) in [6.45, 7) is 1.92. The average Bonchev–Trinajstić information content (AvgIpc) is 3.23. The van der Waals surface area contributed by atoms with E-state index in [4.69, 9.17) is 16.3 Å². The van der Waals surface area contributed by atoms with Gasteiger partial charge in [-0.05, 0) is 37.1 Å². The number of hydrogen-bond acceptors (Lipinski definition) is 5. The highest BCUT2D eigenvalue weighted by molar-refractivity contribution is 7.94. The van der Waals surface area contributed by atoms with Gasteiger partial charge in [0.05, 0.1) is 17.6 Å². The lowest BCUT2D eigenvalue weighted by atomic mass is 10.1. The number of aromatic nitrogens is 1. The van der Waals surface area contributed by atoms with Crippen LogP contribution in [0.1, 0.15) is 48.2 Å². The summed E-state index contributed by atoms with van der Waals surface area (Å²) in [6, 6.07) is 8.09. The average molecular weight is 383 g/mol. The van der Waals surface area contributed by atoms with Gasteiger partial charge in [-0.1, -0.05) is 18.5 Å². The first-order valence-corrected chi connectivity index (χ1v) is 10.1. The molecule has 2 atom stereocenters. The number of sulfonamides is 1. The van der Waals surface area contributed by atoms with Gasteiger partial charge < -0.3 is 4.52 Å². The lowest BCUT2D eigenvalue weighted by Gasteiger charge is -2.16. The third kappa shape index (κ3) is 3.88. The zero-order chi connectivity index (χ0) is 18.0. The predicted octanol–water partition coefficient (Wildman–Crippen LogP) is 3.75. The topological polar surface area (TPSA) is 80.5 Å². The van der Waals surface area contributed by atoms with Gasteiger partial charge in [0, 0.05) is 35.2 Å². The van der Waals surface area contributed by atoms with E-state index in [1.807, 2.05) is 6.92 Å². The van der Waals surface area contributed by atoms with Crippen molar-refractivity contribution in [3.05, 3.63) is 47.9 Å². The largest absolute Gasteiger partial charge is 0.361 e. The van der Waals surface area contributed by atoms with Gasteiger partial charge in [0.1, 0.15) is 5.76 Å². The maximum atomic E-state index is 12.5. The summed E-state index contributed by atoms with van der Waals surface area (Å²) in [4.78, 5) is 12.5. The lowest BCUT2D eigenvalue weighted by Crippen LogP contribution is -2.24. The maximum absolute atomic E-state index is 12.5. The van der Waals surface area contributed by atoms with E-state index in [-0.39, 0.29) is 23.4 Å². The van der Waals surface area contributed by atoms with Crippen molar-refractivity contribution in [2.75, 3.05) is 9.58 Å². The number of unbranched alkanes of at least 4 members (excludes halogenated alkanes) is 1. The number of carbonyl (C=O) groups excluding carboxylic acids is 1. The predicted molar refractivity (Wildman–Crippen MR) is 95.2 cm³/mol. The van der Waals surface area contributed by atoms with Gasteiger partial charge in [0.2, 0.25) is 10.0 Å². The Morgan fingerprint density at radius 3 is 2.64 bits per heavy atom. The molecule has 0 N–H and O–H groups in total. The molecule has 1 aromatic heterocycles. The van der Waals surface area contributed by atoms with Gasteiger partial charge >= 0.3 is 0 Å². The molecule has 0 radical (unpaired) electrons. The van der Waals surface area contributed by atoms with Crippen LogP contribution < -0.4 is 3.82 Å². The van der Waals surface area contributed by atoms with Gasteiger partial charge in [-0.25, -0.2) is 8.42 Å². The van der Waals surface area contributed by atoms with Crippen LogP contribution in [0.15, 0.2) is 41.1 Å². The summed E-state index contributed by atoms with van der Waals surface area (Å²) in [5, 5.41) is 3.66. The second-order valence-electron chi connectivity index (χ2n) is 6.16. The van der Waals surface area contributed by atoms with Gasteiger partial charge in [-0.15, -0.1) is 0 Å². The molecule has 0 saturated heterocycles. The monoisotopic (exact) mass is 382 g/mol. The molecule has 2 unspecified atom stereocenters. The fraction of sp³-hybridized carbons (Fsp3) is 0.412. The van der Waals surface area contributed by atoms with Crippen LogP contribution >= 0.6 is 11.8 Å². The van der Waals surface area contributed by atoms with Crippen molar-refractivity contribution in [1.29, 1.82) is 0 Å². The molecule has 134 valence electrons. The first-order chi connectivity index (χ1) is 11.9. The summed E-state index contributed by atoms with van der Waals surface area (Å²) >= 11 is 5.97. The molecule has 1 aliphatic rings. The summed E-state index contributed by atoms with van der Waals surface area (Å²) in [6.07, 6.45) is 3.62. The normalized spacial score (nSPS) is 19.6. The van der Waals surface area contributed by atoms with E-state index in [2.05, 4.69) is 5.16 Å². The molecule has 25 heavy (non-hydrogen) atoms. The summed E-state index contributed by atoms with van der Waals surface area (Å²) in [5.41, 5.74) is 0.865. The van der Waals surface area contributed by atoms with E-state index < -0.39 is 10.0 Å². The highest BCUT2D eigenvalue weighted by atomic mass is 35.5. The van der Waals surface area contributed by atoms with E-state index in [1.165, 1.54) is 0 Å². The maximum Gasteiger partial charge on any atom is 0.248 e. The fourth-order valence-electron chi connectivity index (χ4n) is 2.74. The molecule has 1 aliphatic carbocycles. The quantitative estimate of drug-likeness (QED) is 0.513. The van der Waals surface area contributed by atoms with Crippen molar-refractivity contribution in [3.63, 3.8) is 0 Å². The zero-order valence-corrected chi connectivity index (χ0v) is 15.3. The number of anilines is 1. The number of ketones is 1. The molecule has 1 saturated carbocycles. The van der Waals surface area contributed by atoms with Crippen molar-refractivity contribution in [2.24, 2.45) is 5.92 Å². The molecule has 0 amide bonds.